The van der Waals surface area contributed by atoms with Crippen molar-refractivity contribution >= 4 is 17.5 Å². The second-order valence-corrected chi connectivity index (χ2v) is 5.70. The van der Waals surface area contributed by atoms with Crippen LogP contribution in [0.15, 0.2) is 54.7 Å². The van der Waals surface area contributed by atoms with Gasteiger partial charge in [-0.05, 0) is 30.7 Å². The molecule has 0 spiro atoms. The summed E-state index contributed by atoms with van der Waals surface area (Å²) in [7, 11) is 1.56. The maximum Gasteiger partial charge on any atom is 0.316 e. The van der Waals surface area contributed by atoms with Crippen LogP contribution >= 0.6 is 0 Å². The monoisotopic (exact) mass is 341 g/mol. The fourth-order valence-corrected chi connectivity index (χ4v) is 2.52. The van der Waals surface area contributed by atoms with Crippen LogP contribution in [0.1, 0.15) is 19.0 Å². The first-order valence-corrected chi connectivity index (χ1v) is 8.23. The van der Waals surface area contributed by atoms with Crippen molar-refractivity contribution in [1.82, 2.24) is 9.88 Å². The summed E-state index contributed by atoms with van der Waals surface area (Å²) in [6.45, 7) is 1.83. The summed E-state index contributed by atoms with van der Waals surface area (Å²) in [4.78, 5) is 32.4. The number of amides is 2. The minimum atomic E-state index is -0.655. The summed E-state index contributed by atoms with van der Waals surface area (Å²) in [5.41, 5.74) is 1.30. The molecule has 6 heteroatoms. The van der Waals surface area contributed by atoms with Gasteiger partial charge in [-0.1, -0.05) is 31.2 Å². The van der Waals surface area contributed by atoms with Crippen LogP contribution < -0.4 is 4.90 Å². The van der Waals surface area contributed by atoms with Gasteiger partial charge in [0.25, 0.3) is 0 Å². The van der Waals surface area contributed by atoms with Crippen LogP contribution in [0.4, 0.5) is 5.69 Å². The Morgan fingerprint density at radius 2 is 1.76 bits per heavy atom. The van der Waals surface area contributed by atoms with E-state index in [2.05, 4.69) is 4.98 Å². The molecule has 1 aromatic carbocycles. The molecule has 1 aromatic heterocycles. The zero-order valence-electron chi connectivity index (χ0n) is 14.5. The van der Waals surface area contributed by atoms with Crippen molar-refractivity contribution in [2.75, 3.05) is 18.6 Å². The van der Waals surface area contributed by atoms with Crippen LogP contribution in [0.25, 0.3) is 0 Å². The number of nitrogens with zero attached hydrogens (tertiary/aromatic N) is 3. The fourth-order valence-electron chi connectivity index (χ4n) is 2.52. The normalized spacial score (nSPS) is 11.6. The van der Waals surface area contributed by atoms with Gasteiger partial charge in [-0.2, -0.15) is 0 Å². The quantitative estimate of drug-likeness (QED) is 0.814. The predicted octanol–water partition coefficient (Wildman–Crippen LogP) is 1.84. The van der Waals surface area contributed by atoms with Crippen LogP contribution in [-0.4, -0.2) is 46.5 Å². The standard InChI is InChI=1S/C19H23N3O3/c1-3-16(14-23)22(13-15-9-7-8-12-20-15)19(25)18(24)21(2)17-10-5-4-6-11-17/h4-12,16,23H,3,13-14H2,1-2H3. The number of aromatic nitrogens is 1. The Bertz CT molecular complexity index is 688. The molecule has 1 heterocycles. The molecule has 0 aliphatic carbocycles. The number of aliphatic hydroxyl groups excluding tert-OH is 1. The fraction of sp³-hybridized carbons (Fsp3) is 0.316. The van der Waals surface area contributed by atoms with Gasteiger partial charge in [-0.3, -0.25) is 14.6 Å². The zero-order valence-corrected chi connectivity index (χ0v) is 14.5. The number of hydrogen-bond donors (Lipinski definition) is 1. The second-order valence-electron chi connectivity index (χ2n) is 5.70. The highest BCUT2D eigenvalue weighted by molar-refractivity contribution is 6.40. The lowest BCUT2D eigenvalue weighted by molar-refractivity contribution is -0.147. The molecule has 1 N–H and O–H groups in total. The summed E-state index contributed by atoms with van der Waals surface area (Å²) >= 11 is 0. The van der Waals surface area contributed by atoms with Crippen molar-refractivity contribution in [2.24, 2.45) is 0 Å². The smallest absolute Gasteiger partial charge is 0.316 e. The highest BCUT2D eigenvalue weighted by atomic mass is 16.3. The number of likely N-dealkylation sites (N-methyl/N-ethyl adjacent to an activating group) is 1. The molecule has 6 nitrogen and oxygen atoms in total. The Kier molecular flexibility index (Phi) is 6.65. The van der Waals surface area contributed by atoms with E-state index in [-0.39, 0.29) is 13.2 Å². The van der Waals surface area contributed by atoms with Crippen molar-refractivity contribution < 1.29 is 14.7 Å². The van der Waals surface area contributed by atoms with E-state index in [1.807, 2.05) is 19.1 Å². The van der Waals surface area contributed by atoms with Gasteiger partial charge >= 0.3 is 11.8 Å². The number of para-hydroxylation sites is 1. The van der Waals surface area contributed by atoms with Crippen molar-refractivity contribution in [3.05, 3.63) is 60.4 Å². The van der Waals surface area contributed by atoms with Crippen LogP contribution in [0.2, 0.25) is 0 Å². The third-order valence-electron chi connectivity index (χ3n) is 4.07. The van der Waals surface area contributed by atoms with Gasteiger partial charge in [-0.25, -0.2) is 0 Å². The molecule has 2 amide bonds. The Balaban J connectivity index is 2.23. The van der Waals surface area contributed by atoms with E-state index in [1.165, 1.54) is 9.80 Å². The molecule has 0 saturated heterocycles. The molecule has 0 fully saturated rings. The van der Waals surface area contributed by atoms with E-state index in [4.69, 9.17) is 0 Å². The predicted molar refractivity (Wildman–Crippen MR) is 95.8 cm³/mol. The molecule has 2 rings (SSSR count). The number of anilines is 1. The molecule has 1 unspecified atom stereocenters. The van der Waals surface area contributed by atoms with Gasteiger partial charge in [0.15, 0.2) is 0 Å². The van der Waals surface area contributed by atoms with Crippen LogP contribution in [-0.2, 0) is 16.1 Å². The second kappa shape index (κ2) is 8.94. The van der Waals surface area contributed by atoms with Gasteiger partial charge in [0.05, 0.1) is 24.9 Å². The molecule has 25 heavy (non-hydrogen) atoms. The number of pyridine rings is 1. The minimum Gasteiger partial charge on any atom is -0.394 e. The number of rotatable bonds is 6. The number of carbonyl (C=O) groups is 2. The van der Waals surface area contributed by atoms with E-state index in [9.17, 15) is 14.7 Å². The largest absolute Gasteiger partial charge is 0.394 e. The van der Waals surface area contributed by atoms with E-state index in [0.29, 0.717) is 17.8 Å². The van der Waals surface area contributed by atoms with Gasteiger partial charge in [-0.15, -0.1) is 0 Å². The summed E-state index contributed by atoms with van der Waals surface area (Å²) in [6.07, 6.45) is 2.17. The Labute approximate surface area is 147 Å². The van der Waals surface area contributed by atoms with Gasteiger partial charge in [0.2, 0.25) is 0 Å². The van der Waals surface area contributed by atoms with E-state index >= 15 is 0 Å². The van der Waals surface area contributed by atoms with Crippen LogP contribution in [0.5, 0.6) is 0 Å². The average molecular weight is 341 g/mol. The van der Waals surface area contributed by atoms with E-state index in [0.717, 1.165) is 0 Å². The lowest BCUT2D eigenvalue weighted by Gasteiger charge is -2.30. The average Bonchev–Trinajstić information content (AvgIpc) is 2.68. The summed E-state index contributed by atoms with van der Waals surface area (Å²) in [5.74, 6) is -1.30. The number of carbonyl (C=O) groups excluding carboxylic acids is 2. The molecule has 2 aromatic rings. The molecular weight excluding hydrogens is 318 g/mol. The molecular formula is C19H23N3O3. The molecule has 0 aliphatic rings. The van der Waals surface area contributed by atoms with Crippen molar-refractivity contribution in [2.45, 2.75) is 25.9 Å². The molecule has 1 atom stereocenters. The molecule has 132 valence electrons. The topological polar surface area (TPSA) is 73.7 Å². The minimum absolute atomic E-state index is 0.174. The lowest BCUT2D eigenvalue weighted by atomic mass is 10.1. The van der Waals surface area contributed by atoms with Crippen LogP contribution in [0, 0.1) is 0 Å². The number of hydrogen-bond acceptors (Lipinski definition) is 4. The Hall–Kier alpha value is -2.73. The van der Waals surface area contributed by atoms with Gasteiger partial charge < -0.3 is 14.9 Å². The Morgan fingerprint density at radius 3 is 2.32 bits per heavy atom. The summed E-state index contributed by atoms with van der Waals surface area (Å²) in [5, 5.41) is 9.62. The van der Waals surface area contributed by atoms with Crippen molar-refractivity contribution in [3.63, 3.8) is 0 Å². The molecule has 0 saturated carbocycles. The summed E-state index contributed by atoms with van der Waals surface area (Å²) in [6, 6.07) is 13.9. The van der Waals surface area contributed by atoms with Gasteiger partial charge in [0, 0.05) is 18.9 Å². The van der Waals surface area contributed by atoms with E-state index in [1.54, 1.807) is 49.6 Å². The first-order chi connectivity index (χ1) is 12.1. The SMILES string of the molecule is CCC(CO)N(Cc1ccccn1)C(=O)C(=O)N(C)c1ccccc1. The highest BCUT2D eigenvalue weighted by Gasteiger charge is 2.30. The lowest BCUT2D eigenvalue weighted by Crippen LogP contribution is -2.49. The van der Waals surface area contributed by atoms with E-state index < -0.39 is 17.9 Å². The third kappa shape index (κ3) is 4.64. The molecule has 0 aliphatic heterocycles. The van der Waals surface area contributed by atoms with Gasteiger partial charge in [0.1, 0.15) is 0 Å². The molecule has 0 radical (unpaired) electrons. The maximum atomic E-state index is 12.8. The van der Waals surface area contributed by atoms with Crippen LogP contribution in [0.3, 0.4) is 0 Å². The number of aliphatic hydroxyl groups is 1. The maximum absolute atomic E-state index is 12.8. The first kappa shape index (κ1) is 18.6. The zero-order chi connectivity index (χ0) is 18.2. The van der Waals surface area contributed by atoms with Crippen molar-refractivity contribution in [3.8, 4) is 0 Å². The Morgan fingerprint density at radius 1 is 1.08 bits per heavy atom. The summed E-state index contributed by atoms with van der Waals surface area (Å²) < 4.78 is 0. The first-order valence-electron chi connectivity index (χ1n) is 8.23. The van der Waals surface area contributed by atoms with Crippen molar-refractivity contribution in [1.29, 1.82) is 0 Å². The highest BCUT2D eigenvalue weighted by Crippen LogP contribution is 2.15. The molecule has 0 bridgehead atoms. The third-order valence-corrected chi connectivity index (χ3v) is 4.07. The number of benzene rings is 1.